The van der Waals surface area contributed by atoms with Gasteiger partial charge in [-0.25, -0.2) is 18.7 Å². The second-order valence-electron chi connectivity index (χ2n) is 11.3. The summed E-state index contributed by atoms with van der Waals surface area (Å²) in [5.41, 5.74) is -0.339. The average Bonchev–Trinajstić information content (AvgIpc) is 3.85. The molecule has 3 heterocycles. The standard InChI is InChI=1S/C32H34F2N6O5/c1-20-17-26(28-29(36-20)35-19-27(39-28)44-14-2-11-40-12-15-43-16-13-40)45-25-8-7-23(18-24(25)34)38-31(42)32(9-10-32)30(41)37-22-5-3-21(33)4-6-22/h3-8,17-20H,2,9-16H2,1H3,(H,35,36)(H,37,41)(H,38,42). The molecule has 3 aromatic rings. The Hall–Kier alpha value is -4.62. The highest BCUT2D eigenvalue weighted by Crippen LogP contribution is 2.47. The summed E-state index contributed by atoms with van der Waals surface area (Å²) in [7, 11) is 0. The zero-order valence-corrected chi connectivity index (χ0v) is 24.8. The van der Waals surface area contributed by atoms with Crippen molar-refractivity contribution in [3.05, 3.63) is 72.1 Å². The zero-order chi connectivity index (χ0) is 31.4. The van der Waals surface area contributed by atoms with Gasteiger partial charge in [-0.3, -0.25) is 14.5 Å². The molecule has 3 aliphatic rings. The Labute approximate surface area is 259 Å². The second-order valence-corrected chi connectivity index (χ2v) is 11.3. The molecule has 236 valence electrons. The van der Waals surface area contributed by atoms with E-state index >= 15 is 4.39 Å². The summed E-state index contributed by atoms with van der Waals surface area (Å²) in [5, 5.41) is 8.50. The van der Waals surface area contributed by atoms with E-state index in [1.807, 2.05) is 6.92 Å². The summed E-state index contributed by atoms with van der Waals surface area (Å²) in [5.74, 6) is -1.15. The number of carbonyl (C=O) groups excluding carboxylic acids is 2. The Morgan fingerprint density at radius 3 is 2.49 bits per heavy atom. The molecule has 13 heteroatoms. The first kappa shape index (κ1) is 30.4. The first-order chi connectivity index (χ1) is 21.8. The third-order valence-electron chi connectivity index (χ3n) is 7.85. The van der Waals surface area contributed by atoms with Crippen molar-refractivity contribution < 1.29 is 32.6 Å². The number of morpholine rings is 1. The van der Waals surface area contributed by atoms with Gasteiger partial charge in [-0.2, -0.15) is 0 Å². The number of hydrogen-bond donors (Lipinski definition) is 3. The summed E-state index contributed by atoms with van der Waals surface area (Å²) in [6, 6.07) is 9.14. The number of nitrogens with zero attached hydrogens (tertiary/aromatic N) is 3. The third kappa shape index (κ3) is 7.21. The topological polar surface area (TPSA) is 127 Å². The molecule has 1 atom stereocenters. The largest absolute Gasteiger partial charge is 0.477 e. The average molecular weight is 621 g/mol. The Kier molecular flexibility index (Phi) is 8.90. The van der Waals surface area contributed by atoms with Crippen LogP contribution in [0.3, 0.4) is 0 Å². The van der Waals surface area contributed by atoms with E-state index in [1.165, 1.54) is 36.4 Å². The lowest BCUT2D eigenvalue weighted by atomic mass is 10.0. The van der Waals surface area contributed by atoms with E-state index in [9.17, 15) is 14.0 Å². The van der Waals surface area contributed by atoms with Crippen LogP contribution in [-0.2, 0) is 14.3 Å². The smallest absolute Gasteiger partial charge is 0.240 e. The molecule has 3 N–H and O–H groups in total. The number of anilines is 3. The van der Waals surface area contributed by atoms with E-state index in [0.717, 1.165) is 45.3 Å². The predicted molar refractivity (Wildman–Crippen MR) is 163 cm³/mol. The van der Waals surface area contributed by atoms with E-state index in [-0.39, 0.29) is 17.5 Å². The molecule has 2 fully saturated rings. The molecule has 1 saturated heterocycles. The van der Waals surface area contributed by atoms with Crippen LogP contribution in [0, 0.1) is 17.0 Å². The van der Waals surface area contributed by atoms with E-state index in [1.54, 1.807) is 12.3 Å². The molecule has 1 aliphatic carbocycles. The third-order valence-corrected chi connectivity index (χ3v) is 7.85. The van der Waals surface area contributed by atoms with Gasteiger partial charge in [0.25, 0.3) is 0 Å². The number of rotatable bonds is 11. The Bertz CT molecular complexity index is 1590. The van der Waals surface area contributed by atoms with E-state index in [2.05, 4.69) is 30.8 Å². The summed E-state index contributed by atoms with van der Waals surface area (Å²) < 4.78 is 45.6. The lowest BCUT2D eigenvalue weighted by Gasteiger charge is -2.26. The van der Waals surface area contributed by atoms with Crippen molar-refractivity contribution in [2.45, 2.75) is 32.2 Å². The molecule has 45 heavy (non-hydrogen) atoms. The number of aromatic nitrogens is 2. The van der Waals surface area contributed by atoms with Crippen LogP contribution in [0.5, 0.6) is 11.6 Å². The molecule has 2 amide bonds. The molecule has 1 aromatic heterocycles. The second kappa shape index (κ2) is 13.2. The Balaban J connectivity index is 1.08. The minimum absolute atomic E-state index is 0.0758. The number of halogens is 2. The van der Waals surface area contributed by atoms with Crippen molar-refractivity contribution in [3.63, 3.8) is 0 Å². The number of fused-ring (bicyclic) bond motifs is 1. The van der Waals surface area contributed by atoms with Gasteiger partial charge in [-0.05, 0) is 68.7 Å². The fraction of sp³-hybridized carbons (Fsp3) is 0.375. The van der Waals surface area contributed by atoms with Gasteiger partial charge in [0.1, 0.15) is 11.2 Å². The molecular formula is C32H34F2N6O5. The maximum Gasteiger partial charge on any atom is 0.240 e. The van der Waals surface area contributed by atoms with Crippen molar-refractivity contribution in [1.29, 1.82) is 0 Å². The van der Waals surface area contributed by atoms with Crippen molar-refractivity contribution in [3.8, 4) is 11.6 Å². The monoisotopic (exact) mass is 620 g/mol. The van der Waals surface area contributed by atoms with Crippen molar-refractivity contribution in [1.82, 2.24) is 14.9 Å². The summed E-state index contributed by atoms with van der Waals surface area (Å²) in [6.45, 7) is 6.58. The molecule has 2 aromatic carbocycles. The van der Waals surface area contributed by atoms with Crippen molar-refractivity contribution in [2.75, 3.05) is 55.4 Å². The normalized spacial score (nSPS) is 18.6. The van der Waals surface area contributed by atoms with Crippen LogP contribution in [0.1, 0.15) is 31.9 Å². The first-order valence-electron chi connectivity index (χ1n) is 14.9. The highest BCUT2D eigenvalue weighted by molar-refractivity contribution is 6.16. The molecule has 0 spiro atoms. The van der Waals surface area contributed by atoms with Gasteiger partial charge in [0.2, 0.25) is 17.7 Å². The Morgan fingerprint density at radius 2 is 1.78 bits per heavy atom. The molecular weight excluding hydrogens is 586 g/mol. The summed E-state index contributed by atoms with van der Waals surface area (Å²) in [6.07, 6.45) is 4.82. The predicted octanol–water partition coefficient (Wildman–Crippen LogP) is 4.45. The molecule has 0 radical (unpaired) electrons. The van der Waals surface area contributed by atoms with Gasteiger partial charge < -0.3 is 30.2 Å². The van der Waals surface area contributed by atoms with E-state index in [4.69, 9.17) is 14.2 Å². The highest BCUT2D eigenvalue weighted by Gasteiger charge is 2.56. The van der Waals surface area contributed by atoms with Crippen LogP contribution in [0.2, 0.25) is 0 Å². The van der Waals surface area contributed by atoms with Gasteiger partial charge >= 0.3 is 0 Å². The SMILES string of the molecule is CC1C=C(Oc2ccc(NC(=O)C3(C(=O)Nc4ccc(F)cc4)CC3)cc2F)c2nc(OCCCN3CCOCC3)cnc2N1. The fourth-order valence-corrected chi connectivity index (χ4v) is 5.15. The fourth-order valence-electron chi connectivity index (χ4n) is 5.15. The summed E-state index contributed by atoms with van der Waals surface area (Å²) in [4.78, 5) is 37.2. The zero-order valence-electron chi connectivity index (χ0n) is 24.8. The number of hydrogen-bond acceptors (Lipinski definition) is 9. The van der Waals surface area contributed by atoms with Gasteiger partial charge in [-0.15, -0.1) is 0 Å². The molecule has 11 nitrogen and oxygen atoms in total. The molecule has 1 saturated carbocycles. The van der Waals surface area contributed by atoms with Crippen LogP contribution in [0.4, 0.5) is 26.0 Å². The molecule has 2 aliphatic heterocycles. The first-order valence-corrected chi connectivity index (χ1v) is 14.9. The van der Waals surface area contributed by atoms with Gasteiger partial charge in [0.05, 0.1) is 26.0 Å². The maximum absolute atomic E-state index is 15.3. The number of benzene rings is 2. The quantitative estimate of drug-likeness (QED) is 0.211. The van der Waals surface area contributed by atoms with Crippen molar-refractivity contribution >= 4 is 34.8 Å². The highest BCUT2D eigenvalue weighted by atomic mass is 19.1. The lowest BCUT2D eigenvalue weighted by molar-refractivity contribution is -0.131. The van der Waals surface area contributed by atoms with E-state index < -0.39 is 28.9 Å². The molecule has 0 bridgehead atoms. The van der Waals surface area contributed by atoms with Gasteiger partial charge in [0.15, 0.2) is 28.8 Å². The van der Waals surface area contributed by atoms with Gasteiger partial charge in [-0.1, -0.05) is 0 Å². The number of carbonyl (C=O) groups is 2. The Morgan fingerprint density at radius 1 is 1.07 bits per heavy atom. The molecule has 1 unspecified atom stereocenters. The van der Waals surface area contributed by atoms with Crippen LogP contribution >= 0.6 is 0 Å². The minimum Gasteiger partial charge on any atom is -0.477 e. The van der Waals surface area contributed by atoms with Crippen LogP contribution < -0.4 is 25.4 Å². The van der Waals surface area contributed by atoms with Gasteiger partial charge in [0, 0.05) is 43.1 Å². The maximum atomic E-state index is 15.3. The molecule has 6 rings (SSSR count). The summed E-state index contributed by atoms with van der Waals surface area (Å²) >= 11 is 0. The minimum atomic E-state index is -1.28. The lowest BCUT2D eigenvalue weighted by Crippen LogP contribution is -2.37. The number of ether oxygens (including phenoxy) is 3. The number of amides is 2. The van der Waals surface area contributed by atoms with Crippen LogP contribution in [0.15, 0.2) is 54.7 Å². The van der Waals surface area contributed by atoms with Crippen molar-refractivity contribution in [2.24, 2.45) is 5.41 Å². The number of nitrogens with one attached hydrogen (secondary N) is 3. The van der Waals surface area contributed by atoms with E-state index in [0.29, 0.717) is 48.3 Å². The van der Waals surface area contributed by atoms with Crippen LogP contribution in [0.25, 0.3) is 5.76 Å². The van der Waals surface area contributed by atoms with Crippen LogP contribution in [-0.4, -0.2) is 72.2 Å².